The molecule has 2 rings (SSSR count). The Morgan fingerprint density at radius 2 is 2.29 bits per heavy atom. The SMILES string of the molecule is CCC1CN(C(=O)c2ccccc2F)CCO1. The number of rotatable bonds is 2. The number of carbonyl (C=O) groups excluding carboxylic acids is 1. The number of carbonyl (C=O) groups is 1. The molecular formula is C13H16FNO2. The third-order valence-electron chi connectivity index (χ3n) is 2.99. The third-order valence-corrected chi connectivity index (χ3v) is 2.99. The molecule has 1 atom stereocenters. The van der Waals surface area contributed by atoms with Crippen molar-refractivity contribution in [1.29, 1.82) is 0 Å². The highest BCUT2D eigenvalue weighted by Gasteiger charge is 2.25. The molecule has 0 aliphatic carbocycles. The van der Waals surface area contributed by atoms with Gasteiger partial charge in [0.15, 0.2) is 0 Å². The highest BCUT2D eigenvalue weighted by Crippen LogP contribution is 2.14. The van der Waals surface area contributed by atoms with Gasteiger partial charge in [-0.1, -0.05) is 19.1 Å². The zero-order valence-corrected chi connectivity index (χ0v) is 9.86. The number of hydrogen-bond acceptors (Lipinski definition) is 2. The van der Waals surface area contributed by atoms with E-state index in [0.717, 1.165) is 6.42 Å². The van der Waals surface area contributed by atoms with Gasteiger partial charge in [-0.15, -0.1) is 0 Å². The fraction of sp³-hybridized carbons (Fsp3) is 0.462. The van der Waals surface area contributed by atoms with Crippen LogP contribution in [0.1, 0.15) is 23.7 Å². The van der Waals surface area contributed by atoms with Crippen LogP contribution in [0.5, 0.6) is 0 Å². The second kappa shape index (κ2) is 5.27. The van der Waals surface area contributed by atoms with E-state index in [0.29, 0.717) is 19.7 Å². The highest BCUT2D eigenvalue weighted by atomic mass is 19.1. The van der Waals surface area contributed by atoms with Crippen LogP contribution in [0, 0.1) is 5.82 Å². The first-order valence-electron chi connectivity index (χ1n) is 5.87. The molecule has 92 valence electrons. The molecule has 1 aromatic rings. The van der Waals surface area contributed by atoms with E-state index in [4.69, 9.17) is 4.74 Å². The van der Waals surface area contributed by atoms with Crippen molar-refractivity contribution in [3.05, 3.63) is 35.6 Å². The zero-order chi connectivity index (χ0) is 12.3. The van der Waals surface area contributed by atoms with Gasteiger partial charge in [-0.25, -0.2) is 4.39 Å². The molecule has 1 saturated heterocycles. The van der Waals surface area contributed by atoms with Crippen molar-refractivity contribution in [1.82, 2.24) is 4.90 Å². The minimum Gasteiger partial charge on any atom is -0.375 e. The van der Waals surface area contributed by atoms with E-state index in [1.807, 2.05) is 6.92 Å². The van der Waals surface area contributed by atoms with Crippen LogP contribution in [-0.4, -0.2) is 36.6 Å². The summed E-state index contributed by atoms with van der Waals surface area (Å²) in [7, 11) is 0. The third kappa shape index (κ3) is 2.64. The number of nitrogens with zero attached hydrogens (tertiary/aromatic N) is 1. The van der Waals surface area contributed by atoms with Crippen LogP contribution in [-0.2, 0) is 4.74 Å². The molecule has 3 nitrogen and oxygen atoms in total. The van der Waals surface area contributed by atoms with Gasteiger partial charge in [-0.05, 0) is 18.6 Å². The number of hydrogen-bond donors (Lipinski definition) is 0. The van der Waals surface area contributed by atoms with Crippen molar-refractivity contribution in [2.24, 2.45) is 0 Å². The zero-order valence-electron chi connectivity index (χ0n) is 9.86. The Kier molecular flexibility index (Phi) is 3.74. The first-order chi connectivity index (χ1) is 8.22. The molecule has 0 N–H and O–H groups in total. The smallest absolute Gasteiger partial charge is 0.256 e. The lowest BCUT2D eigenvalue weighted by atomic mass is 10.1. The van der Waals surface area contributed by atoms with Crippen LogP contribution in [0.25, 0.3) is 0 Å². The minimum atomic E-state index is -0.461. The number of halogens is 1. The van der Waals surface area contributed by atoms with Crippen LogP contribution in [0.15, 0.2) is 24.3 Å². The van der Waals surface area contributed by atoms with Gasteiger partial charge in [0.2, 0.25) is 0 Å². The van der Waals surface area contributed by atoms with Crippen molar-refractivity contribution in [3.63, 3.8) is 0 Å². The second-order valence-electron chi connectivity index (χ2n) is 4.13. The Bertz CT molecular complexity index is 408. The molecule has 1 aliphatic heterocycles. The van der Waals surface area contributed by atoms with E-state index >= 15 is 0 Å². The second-order valence-corrected chi connectivity index (χ2v) is 4.13. The van der Waals surface area contributed by atoms with Crippen LogP contribution in [0.2, 0.25) is 0 Å². The molecule has 0 spiro atoms. The van der Waals surface area contributed by atoms with E-state index in [-0.39, 0.29) is 17.6 Å². The molecule has 1 amide bonds. The predicted molar refractivity (Wildman–Crippen MR) is 62.3 cm³/mol. The summed E-state index contributed by atoms with van der Waals surface area (Å²) in [5.41, 5.74) is 0.143. The molecular weight excluding hydrogens is 221 g/mol. The lowest BCUT2D eigenvalue weighted by molar-refractivity contribution is -0.0227. The lowest BCUT2D eigenvalue weighted by Crippen LogP contribution is -2.45. The van der Waals surface area contributed by atoms with Crippen LogP contribution in [0.4, 0.5) is 4.39 Å². The normalized spacial score (nSPS) is 20.4. The summed E-state index contributed by atoms with van der Waals surface area (Å²) in [4.78, 5) is 13.8. The Labute approximate surface area is 100 Å². The minimum absolute atomic E-state index is 0.0690. The Morgan fingerprint density at radius 3 is 3.00 bits per heavy atom. The van der Waals surface area contributed by atoms with E-state index in [1.165, 1.54) is 12.1 Å². The van der Waals surface area contributed by atoms with Gasteiger partial charge in [-0.3, -0.25) is 4.79 Å². The first-order valence-corrected chi connectivity index (χ1v) is 5.87. The van der Waals surface area contributed by atoms with Crippen molar-refractivity contribution >= 4 is 5.91 Å². The maximum Gasteiger partial charge on any atom is 0.256 e. The molecule has 1 unspecified atom stereocenters. The molecule has 1 fully saturated rings. The molecule has 0 saturated carbocycles. The molecule has 4 heteroatoms. The number of benzene rings is 1. The summed E-state index contributed by atoms with van der Waals surface area (Å²) < 4.78 is 19.0. The number of morpholine rings is 1. The monoisotopic (exact) mass is 237 g/mol. The van der Waals surface area contributed by atoms with Gasteiger partial charge in [-0.2, -0.15) is 0 Å². The van der Waals surface area contributed by atoms with Gasteiger partial charge in [0.25, 0.3) is 5.91 Å². The molecule has 1 aliphatic rings. The van der Waals surface area contributed by atoms with Gasteiger partial charge < -0.3 is 9.64 Å². The average molecular weight is 237 g/mol. The summed E-state index contributed by atoms with van der Waals surface area (Å²) in [5, 5.41) is 0. The largest absolute Gasteiger partial charge is 0.375 e. The van der Waals surface area contributed by atoms with Crippen molar-refractivity contribution in [2.45, 2.75) is 19.4 Å². The summed E-state index contributed by atoms with van der Waals surface area (Å²) in [6.07, 6.45) is 0.931. The quantitative estimate of drug-likeness (QED) is 0.788. The standard InChI is InChI=1S/C13H16FNO2/c1-2-10-9-15(7-8-17-10)13(16)11-5-3-4-6-12(11)14/h3-6,10H,2,7-9H2,1H3. The van der Waals surface area contributed by atoms with Crippen molar-refractivity contribution in [2.75, 3.05) is 19.7 Å². The molecule has 0 aromatic heterocycles. The molecule has 1 heterocycles. The fourth-order valence-corrected chi connectivity index (χ4v) is 1.96. The van der Waals surface area contributed by atoms with Gasteiger partial charge in [0.1, 0.15) is 5.82 Å². The van der Waals surface area contributed by atoms with Crippen LogP contribution >= 0.6 is 0 Å². The number of amides is 1. The number of ether oxygens (including phenoxy) is 1. The molecule has 1 aromatic carbocycles. The fourth-order valence-electron chi connectivity index (χ4n) is 1.96. The summed E-state index contributed by atoms with van der Waals surface area (Å²) in [5.74, 6) is -0.707. The Morgan fingerprint density at radius 1 is 1.53 bits per heavy atom. The predicted octanol–water partition coefficient (Wildman–Crippen LogP) is 2.08. The van der Waals surface area contributed by atoms with E-state index in [2.05, 4.69) is 0 Å². The Balaban J connectivity index is 2.12. The van der Waals surface area contributed by atoms with Gasteiger partial charge in [0, 0.05) is 13.1 Å². The maximum absolute atomic E-state index is 13.5. The van der Waals surface area contributed by atoms with Crippen molar-refractivity contribution < 1.29 is 13.9 Å². The Hall–Kier alpha value is -1.42. The summed E-state index contributed by atoms with van der Waals surface area (Å²) in [6, 6.07) is 6.09. The van der Waals surface area contributed by atoms with Crippen LogP contribution in [0.3, 0.4) is 0 Å². The molecule has 0 bridgehead atoms. The van der Waals surface area contributed by atoms with E-state index in [1.54, 1.807) is 17.0 Å². The molecule has 17 heavy (non-hydrogen) atoms. The summed E-state index contributed by atoms with van der Waals surface area (Å²) in [6.45, 7) is 3.62. The van der Waals surface area contributed by atoms with Gasteiger partial charge >= 0.3 is 0 Å². The topological polar surface area (TPSA) is 29.5 Å². The van der Waals surface area contributed by atoms with E-state index in [9.17, 15) is 9.18 Å². The summed E-state index contributed by atoms with van der Waals surface area (Å²) >= 11 is 0. The first kappa shape index (κ1) is 12.0. The van der Waals surface area contributed by atoms with Crippen molar-refractivity contribution in [3.8, 4) is 0 Å². The molecule has 0 radical (unpaired) electrons. The average Bonchev–Trinajstić information content (AvgIpc) is 2.38. The van der Waals surface area contributed by atoms with Crippen LogP contribution < -0.4 is 0 Å². The lowest BCUT2D eigenvalue weighted by Gasteiger charge is -2.32. The maximum atomic E-state index is 13.5. The van der Waals surface area contributed by atoms with Gasteiger partial charge in [0.05, 0.1) is 18.3 Å². The van der Waals surface area contributed by atoms with E-state index < -0.39 is 5.82 Å². The highest BCUT2D eigenvalue weighted by molar-refractivity contribution is 5.94.